The van der Waals surface area contributed by atoms with Crippen molar-refractivity contribution in [2.24, 2.45) is 11.3 Å². The van der Waals surface area contributed by atoms with Gasteiger partial charge in [0.15, 0.2) is 0 Å². The van der Waals surface area contributed by atoms with Crippen molar-refractivity contribution in [2.45, 2.75) is 26.3 Å². The smallest absolute Gasteiger partial charge is 0.213 e. The van der Waals surface area contributed by atoms with Crippen LogP contribution in [-0.4, -0.2) is 63.3 Å². The summed E-state index contributed by atoms with van der Waals surface area (Å²) in [5.41, 5.74) is 1.57. The number of hydrogen-bond donors (Lipinski definition) is 0. The van der Waals surface area contributed by atoms with Gasteiger partial charge in [-0.25, -0.2) is 12.7 Å². The topological polar surface area (TPSA) is 49.9 Å². The van der Waals surface area contributed by atoms with Gasteiger partial charge in [0.05, 0.1) is 12.4 Å². The molecule has 0 saturated carbocycles. The number of nitrogens with zero attached hydrogens (tertiary/aromatic N) is 2. The zero-order chi connectivity index (χ0) is 17.2. The summed E-state index contributed by atoms with van der Waals surface area (Å²) in [5.74, 6) is 0.693. The van der Waals surface area contributed by atoms with Crippen LogP contribution in [-0.2, 0) is 21.3 Å². The average molecular weight is 373 g/mol. The van der Waals surface area contributed by atoms with E-state index in [1.165, 1.54) is 5.56 Å². The molecule has 3 heterocycles. The van der Waals surface area contributed by atoms with Crippen molar-refractivity contribution in [2.75, 3.05) is 45.6 Å². The van der Waals surface area contributed by atoms with Crippen molar-refractivity contribution in [1.82, 2.24) is 9.21 Å². The Labute approximate surface area is 149 Å². The molecule has 0 aromatic carbocycles. The largest absolute Gasteiger partial charge is 0.384 e. The Morgan fingerprint density at radius 2 is 2.12 bits per heavy atom. The maximum absolute atomic E-state index is 12.1. The molecular weight excluding hydrogens is 344 g/mol. The first-order chi connectivity index (χ1) is 11.5. The Balaban J connectivity index is 1.68. The van der Waals surface area contributed by atoms with Crippen molar-refractivity contribution in [3.8, 4) is 0 Å². The molecule has 2 aliphatic rings. The number of thiophene rings is 1. The van der Waals surface area contributed by atoms with Gasteiger partial charge < -0.3 is 4.74 Å². The fourth-order valence-corrected chi connectivity index (χ4v) is 6.06. The number of likely N-dealkylation sites (tertiary alicyclic amines) is 1. The SMILES string of the molecule is CCS(=O)(=O)N1CCC2(CC1)CN(Cc1ccsc1)C[C@H]2COC. The molecule has 1 aromatic heterocycles. The Kier molecular flexibility index (Phi) is 5.66. The maximum atomic E-state index is 12.1. The minimum Gasteiger partial charge on any atom is -0.384 e. The number of methoxy groups -OCH3 is 1. The van der Waals surface area contributed by atoms with Gasteiger partial charge in [0.1, 0.15) is 0 Å². The van der Waals surface area contributed by atoms with Gasteiger partial charge in [-0.05, 0) is 47.6 Å². The van der Waals surface area contributed by atoms with E-state index in [0.717, 1.165) is 39.1 Å². The Bertz CT molecular complexity index is 622. The molecule has 0 radical (unpaired) electrons. The van der Waals surface area contributed by atoms with Gasteiger partial charge >= 0.3 is 0 Å². The molecule has 2 fully saturated rings. The summed E-state index contributed by atoms with van der Waals surface area (Å²) in [6.07, 6.45) is 1.89. The second-order valence-corrected chi connectivity index (χ2v) is 10.2. The third-order valence-corrected chi connectivity index (χ3v) is 8.33. The van der Waals surface area contributed by atoms with Crippen molar-refractivity contribution < 1.29 is 13.2 Å². The lowest BCUT2D eigenvalue weighted by molar-refractivity contribution is 0.0568. The highest BCUT2D eigenvalue weighted by molar-refractivity contribution is 7.89. The second kappa shape index (κ2) is 7.41. The number of sulfonamides is 1. The van der Waals surface area contributed by atoms with E-state index in [9.17, 15) is 8.42 Å². The van der Waals surface area contributed by atoms with Crippen LogP contribution < -0.4 is 0 Å². The van der Waals surface area contributed by atoms with E-state index >= 15 is 0 Å². The maximum Gasteiger partial charge on any atom is 0.213 e. The third-order valence-electron chi connectivity index (χ3n) is 5.71. The van der Waals surface area contributed by atoms with Crippen molar-refractivity contribution in [3.05, 3.63) is 22.4 Å². The van der Waals surface area contributed by atoms with Crippen LogP contribution in [0.3, 0.4) is 0 Å². The normalized spacial score (nSPS) is 25.5. The van der Waals surface area contributed by atoms with Crippen molar-refractivity contribution >= 4 is 21.4 Å². The van der Waals surface area contributed by atoms with Crippen LogP contribution in [0.25, 0.3) is 0 Å². The second-order valence-electron chi connectivity index (χ2n) is 7.12. The number of rotatable bonds is 6. The summed E-state index contributed by atoms with van der Waals surface area (Å²) < 4.78 is 31.4. The molecule has 1 spiro atoms. The lowest BCUT2D eigenvalue weighted by Crippen LogP contribution is -2.47. The van der Waals surface area contributed by atoms with Crippen LogP contribution in [0.1, 0.15) is 25.3 Å². The van der Waals surface area contributed by atoms with E-state index in [4.69, 9.17) is 4.74 Å². The minimum absolute atomic E-state index is 0.200. The number of piperidine rings is 1. The van der Waals surface area contributed by atoms with E-state index in [2.05, 4.69) is 21.7 Å². The third kappa shape index (κ3) is 3.70. The summed E-state index contributed by atoms with van der Waals surface area (Å²) >= 11 is 1.74. The first kappa shape index (κ1) is 18.3. The number of hydrogen-bond acceptors (Lipinski definition) is 5. The fourth-order valence-electron chi connectivity index (χ4n) is 4.29. The molecule has 0 unspecified atom stereocenters. The van der Waals surface area contributed by atoms with Gasteiger partial charge in [-0.15, -0.1) is 0 Å². The van der Waals surface area contributed by atoms with Crippen LogP contribution in [0.4, 0.5) is 0 Å². The van der Waals surface area contributed by atoms with Crippen LogP contribution in [0, 0.1) is 11.3 Å². The van der Waals surface area contributed by atoms with E-state index < -0.39 is 10.0 Å². The van der Waals surface area contributed by atoms with E-state index in [-0.39, 0.29) is 11.2 Å². The van der Waals surface area contributed by atoms with E-state index in [0.29, 0.717) is 19.0 Å². The zero-order valence-corrected chi connectivity index (χ0v) is 16.2. The molecule has 24 heavy (non-hydrogen) atoms. The van der Waals surface area contributed by atoms with Crippen LogP contribution in [0.5, 0.6) is 0 Å². The van der Waals surface area contributed by atoms with Crippen LogP contribution >= 0.6 is 11.3 Å². The summed E-state index contributed by atoms with van der Waals surface area (Å²) in [6, 6.07) is 2.19. The van der Waals surface area contributed by atoms with E-state index in [1.54, 1.807) is 29.7 Å². The molecule has 2 saturated heterocycles. The van der Waals surface area contributed by atoms with Gasteiger partial charge in [-0.2, -0.15) is 11.3 Å². The zero-order valence-electron chi connectivity index (χ0n) is 14.6. The standard InChI is InChI=1S/C17H28N2O3S2/c1-3-24(20,21)19-7-5-17(6-8-19)14-18(11-16(17)12-22-2)10-15-4-9-23-13-15/h4,9,13,16H,3,5-8,10-12,14H2,1-2H3/t16-/m0/s1. The molecular formula is C17H28N2O3S2. The van der Waals surface area contributed by atoms with Gasteiger partial charge in [0.2, 0.25) is 10.0 Å². The van der Waals surface area contributed by atoms with Gasteiger partial charge in [0.25, 0.3) is 0 Å². The predicted molar refractivity (Wildman–Crippen MR) is 97.7 cm³/mol. The predicted octanol–water partition coefficient (Wildman–Crippen LogP) is 2.26. The highest BCUT2D eigenvalue weighted by atomic mass is 32.2. The first-order valence-corrected chi connectivity index (χ1v) is 11.2. The molecule has 0 N–H and O–H groups in total. The summed E-state index contributed by atoms with van der Waals surface area (Å²) in [6.45, 7) is 6.89. The molecule has 7 heteroatoms. The molecule has 0 bridgehead atoms. The van der Waals surface area contributed by atoms with Crippen molar-refractivity contribution in [3.63, 3.8) is 0 Å². The molecule has 5 nitrogen and oxygen atoms in total. The van der Waals surface area contributed by atoms with Crippen molar-refractivity contribution in [1.29, 1.82) is 0 Å². The lowest BCUT2D eigenvalue weighted by Gasteiger charge is -2.42. The quantitative estimate of drug-likeness (QED) is 0.769. The average Bonchev–Trinajstić information content (AvgIpc) is 3.18. The molecule has 3 rings (SSSR count). The Morgan fingerprint density at radius 1 is 1.38 bits per heavy atom. The first-order valence-electron chi connectivity index (χ1n) is 8.69. The fraction of sp³-hybridized carbons (Fsp3) is 0.765. The lowest BCUT2D eigenvalue weighted by atomic mass is 9.71. The Hall–Kier alpha value is -0.470. The highest BCUT2D eigenvalue weighted by Gasteiger charge is 2.48. The molecule has 0 amide bonds. The van der Waals surface area contributed by atoms with Gasteiger partial charge in [-0.3, -0.25) is 4.90 Å². The van der Waals surface area contributed by atoms with E-state index in [1.807, 2.05) is 0 Å². The molecule has 1 atom stereocenters. The van der Waals surface area contributed by atoms with Gasteiger partial charge in [-0.1, -0.05) is 0 Å². The summed E-state index contributed by atoms with van der Waals surface area (Å²) in [7, 11) is -1.29. The van der Waals surface area contributed by atoms with Gasteiger partial charge in [0, 0.05) is 45.8 Å². The monoisotopic (exact) mass is 372 g/mol. The Morgan fingerprint density at radius 3 is 2.71 bits per heavy atom. The summed E-state index contributed by atoms with van der Waals surface area (Å²) in [5, 5.41) is 4.34. The molecule has 2 aliphatic heterocycles. The summed E-state index contributed by atoms with van der Waals surface area (Å²) in [4.78, 5) is 2.52. The molecule has 0 aliphatic carbocycles. The highest BCUT2D eigenvalue weighted by Crippen LogP contribution is 2.45. The minimum atomic E-state index is -3.06. The molecule has 136 valence electrons. The molecule has 1 aromatic rings. The van der Waals surface area contributed by atoms with Crippen LogP contribution in [0.15, 0.2) is 16.8 Å². The van der Waals surface area contributed by atoms with Crippen LogP contribution in [0.2, 0.25) is 0 Å². The number of ether oxygens (including phenoxy) is 1.